The lowest BCUT2D eigenvalue weighted by Crippen LogP contribution is -2.38. The van der Waals surface area contributed by atoms with Gasteiger partial charge in [0.15, 0.2) is 0 Å². The number of piperidine rings is 1. The molecular formula is C14H19F2N5S. The van der Waals surface area contributed by atoms with E-state index >= 15 is 0 Å². The smallest absolute Gasteiger partial charge is 0.250 e. The Hall–Kier alpha value is -1.41. The van der Waals surface area contributed by atoms with Crippen molar-refractivity contribution in [2.45, 2.75) is 45.2 Å². The van der Waals surface area contributed by atoms with Crippen LogP contribution in [0, 0.1) is 0 Å². The minimum atomic E-state index is -2.50. The summed E-state index contributed by atoms with van der Waals surface area (Å²) in [6.45, 7) is 4.14. The van der Waals surface area contributed by atoms with E-state index in [0.717, 1.165) is 22.0 Å². The van der Waals surface area contributed by atoms with Crippen molar-refractivity contribution in [1.82, 2.24) is 24.9 Å². The number of nitrogens with zero attached hydrogens (tertiary/aromatic N) is 5. The summed E-state index contributed by atoms with van der Waals surface area (Å²) in [6.07, 6.45) is 4.56. The third kappa shape index (κ3) is 3.86. The number of alkyl halides is 2. The highest BCUT2D eigenvalue weighted by molar-refractivity contribution is 7.11. The van der Waals surface area contributed by atoms with Gasteiger partial charge in [-0.3, -0.25) is 4.90 Å². The zero-order chi connectivity index (χ0) is 15.6. The molecule has 1 saturated heterocycles. The van der Waals surface area contributed by atoms with E-state index in [0.29, 0.717) is 26.2 Å². The lowest BCUT2D eigenvalue weighted by molar-refractivity contribution is -0.0568. The van der Waals surface area contributed by atoms with Crippen molar-refractivity contribution in [2.24, 2.45) is 0 Å². The van der Waals surface area contributed by atoms with E-state index in [1.807, 2.05) is 17.3 Å². The van der Waals surface area contributed by atoms with Crippen molar-refractivity contribution in [3.63, 3.8) is 0 Å². The molecule has 0 bridgehead atoms. The molecule has 3 heterocycles. The van der Waals surface area contributed by atoms with E-state index < -0.39 is 5.92 Å². The molecule has 0 aromatic carbocycles. The summed E-state index contributed by atoms with van der Waals surface area (Å²) >= 11 is 1.68. The first-order valence-corrected chi connectivity index (χ1v) is 8.28. The number of hydrogen-bond acceptors (Lipinski definition) is 5. The van der Waals surface area contributed by atoms with Crippen molar-refractivity contribution in [3.8, 4) is 0 Å². The lowest BCUT2D eigenvalue weighted by Gasteiger charge is -2.30. The topological polar surface area (TPSA) is 46.8 Å². The molecule has 2 aromatic rings. The van der Waals surface area contributed by atoms with Crippen LogP contribution in [0.5, 0.6) is 0 Å². The molecular weight excluding hydrogens is 308 g/mol. The van der Waals surface area contributed by atoms with E-state index in [1.54, 1.807) is 16.0 Å². The van der Waals surface area contributed by atoms with E-state index in [4.69, 9.17) is 0 Å². The Balaban J connectivity index is 1.55. The minimum Gasteiger partial charge on any atom is -0.297 e. The third-order valence-electron chi connectivity index (χ3n) is 3.78. The van der Waals surface area contributed by atoms with Gasteiger partial charge in [0, 0.05) is 43.5 Å². The van der Waals surface area contributed by atoms with Crippen molar-refractivity contribution in [3.05, 3.63) is 28.0 Å². The Kier molecular flexibility index (Phi) is 4.49. The van der Waals surface area contributed by atoms with E-state index in [1.165, 1.54) is 0 Å². The van der Waals surface area contributed by atoms with Gasteiger partial charge in [-0.05, 0) is 6.42 Å². The van der Waals surface area contributed by atoms with Crippen molar-refractivity contribution < 1.29 is 8.78 Å². The quantitative estimate of drug-likeness (QED) is 0.847. The number of likely N-dealkylation sites (tertiary alicyclic amines) is 1. The first kappa shape index (κ1) is 15.5. The summed E-state index contributed by atoms with van der Waals surface area (Å²) in [5.74, 6) is -2.50. The molecule has 0 radical (unpaired) electrons. The molecule has 0 aliphatic carbocycles. The average Bonchev–Trinajstić information content (AvgIpc) is 3.11. The first-order valence-electron chi connectivity index (χ1n) is 7.47. The predicted molar refractivity (Wildman–Crippen MR) is 80.1 cm³/mol. The summed E-state index contributed by atoms with van der Waals surface area (Å²) in [5, 5.41) is 9.36. The second-order valence-electron chi connectivity index (χ2n) is 5.61. The fraction of sp³-hybridized carbons (Fsp3) is 0.643. The molecule has 0 N–H and O–H groups in total. The van der Waals surface area contributed by atoms with E-state index in [9.17, 15) is 8.78 Å². The minimum absolute atomic E-state index is 0.0677. The number of hydrogen-bond donors (Lipinski definition) is 0. The summed E-state index contributed by atoms with van der Waals surface area (Å²) < 4.78 is 28.0. The van der Waals surface area contributed by atoms with E-state index in [2.05, 4.69) is 22.2 Å². The largest absolute Gasteiger partial charge is 0.297 e. The molecule has 1 fully saturated rings. The Morgan fingerprint density at radius 2 is 2.05 bits per heavy atom. The lowest BCUT2D eigenvalue weighted by atomic mass is 10.1. The van der Waals surface area contributed by atoms with Crippen LogP contribution in [0.25, 0.3) is 0 Å². The molecule has 0 saturated carbocycles. The Morgan fingerprint density at radius 3 is 2.73 bits per heavy atom. The fourth-order valence-corrected chi connectivity index (χ4v) is 3.35. The third-order valence-corrected chi connectivity index (χ3v) is 4.91. The highest BCUT2D eigenvalue weighted by Gasteiger charge is 2.33. The van der Waals surface area contributed by atoms with Crippen LogP contribution in [0.15, 0.2) is 12.4 Å². The molecule has 5 nitrogen and oxygen atoms in total. The second kappa shape index (κ2) is 6.37. The molecule has 120 valence electrons. The Morgan fingerprint density at radius 1 is 1.27 bits per heavy atom. The van der Waals surface area contributed by atoms with Crippen LogP contribution in [0.3, 0.4) is 0 Å². The number of aryl methyl sites for hydroxylation is 1. The molecule has 0 unspecified atom stereocenters. The van der Waals surface area contributed by atoms with Crippen LogP contribution in [0.4, 0.5) is 8.78 Å². The van der Waals surface area contributed by atoms with Gasteiger partial charge < -0.3 is 0 Å². The molecule has 0 atom stereocenters. The van der Waals surface area contributed by atoms with Crippen LogP contribution in [0.2, 0.25) is 0 Å². The molecule has 1 aliphatic heterocycles. The average molecular weight is 327 g/mol. The molecule has 3 rings (SSSR count). The van der Waals surface area contributed by atoms with Gasteiger partial charge in [-0.2, -0.15) is 0 Å². The van der Waals surface area contributed by atoms with Crippen molar-refractivity contribution in [2.75, 3.05) is 13.1 Å². The maximum absolute atomic E-state index is 13.1. The Labute approximate surface area is 132 Å². The van der Waals surface area contributed by atoms with Crippen LogP contribution in [0.1, 0.15) is 35.3 Å². The van der Waals surface area contributed by atoms with Gasteiger partial charge in [-0.1, -0.05) is 12.1 Å². The van der Waals surface area contributed by atoms with Crippen LogP contribution in [-0.4, -0.2) is 43.9 Å². The number of thiazole rings is 1. The highest BCUT2D eigenvalue weighted by atomic mass is 32.1. The van der Waals surface area contributed by atoms with Gasteiger partial charge >= 0.3 is 0 Å². The number of rotatable bonds is 5. The fourth-order valence-electron chi connectivity index (χ4n) is 2.50. The molecule has 1 aliphatic rings. The SMILES string of the molecule is CCc1ncc(Cn2cc(CN3CCC(F)(F)CC3)nn2)s1. The molecule has 0 spiro atoms. The normalized spacial score (nSPS) is 18.7. The molecule has 0 amide bonds. The van der Waals surface area contributed by atoms with Gasteiger partial charge in [-0.25, -0.2) is 18.4 Å². The van der Waals surface area contributed by atoms with Crippen molar-refractivity contribution >= 4 is 11.3 Å². The van der Waals surface area contributed by atoms with Gasteiger partial charge in [0.1, 0.15) is 0 Å². The maximum atomic E-state index is 13.1. The first-order chi connectivity index (χ1) is 10.5. The van der Waals surface area contributed by atoms with Crippen LogP contribution < -0.4 is 0 Å². The summed E-state index contributed by atoms with van der Waals surface area (Å²) in [5.41, 5.74) is 0.824. The van der Waals surface area contributed by atoms with Gasteiger partial charge in [0.25, 0.3) is 5.92 Å². The maximum Gasteiger partial charge on any atom is 0.250 e. The summed E-state index contributed by atoms with van der Waals surface area (Å²) in [6, 6.07) is 0. The Bertz CT molecular complexity index is 614. The number of halogens is 2. The molecule has 2 aromatic heterocycles. The summed E-state index contributed by atoms with van der Waals surface area (Å²) in [7, 11) is 0. The van der Waals surface area contributed by atoms with Gasteiger partial charge in [0.2, 0.25) is 0 Å². The van der Waals surface area contributed by atoms with Gasteiger partial charge in [-0.15, -0.1) is 16.4 Å². The predicted octanol–water partition coefficient (Wildman–Crippen LogP) is 2.58. The van der Waals surface area contributed by atoms with Gasteiger partial charge in [0.05, 0.1) is 23.4 Å². The zero-order valence-electron chi connectivity index (χ0n) is 12.5. The monoisotopic (exact) mass is 327 g/mol. The van der Waals surface area contributed by atoms with Crippen LogP contribution in [-0.2, 0) is 19.5 Å². The number of aromatic nitrogens is 4. The zero-order valence-corrected chi connectivity index (χ0v) is 13.3. The van der Waals surface area contributed by atoms with Crippen LogP contribution >= 0.6 is 11.3 Å². The summed E-state index contributed by atoms with van der Waals surface area (Å²) in [4.78, 5) is 7.47. The molecule has 22 heavy (non-hydrogen) atoms. The van der Waals surface area contributed by atoms with Crippen molar-refractivity contribution in [1.29, 1.82) is 0 Å². The standard InChI is InChI=1S/C14H19F2N5S/c1-2-13-17-7-12(22-13)10-21-9-11(18-19-21)8-20-5-3-14(15,16)4-6-20/h7,9H,2-6,8,10H2,1H3. The highest BCUT2D eigenvalue weighted by Crippen LogP contribution is 2.28. The van der Waals surface area contributed by atoms with E-state index in [-0.39, 0.29) is 12.8 Å². The second-order valence-corrected chi connectivity index (χ2v) is 6.81. The molecule has 8 heteroatoms.